The standard InChI is InChI=1S/C38H27N5/c1-37(2)24-12-7-5-10-20(24)22-16-18-26-32(30(22)37)39-35-41(26)28-14-9-15-29-34(28)43(35)36-40-33-27(42(29)36)19-17-23-21-11-6-8-13-25(21)38(3,4)31(23)33/h5-19H,1-4H3. The van der Waals surface area contributed by atoms with Crippen molar-refractivity contribution in [3.05, 3.63) is 113 Å². The second-order valence-electron chi connectivity index (χ2n) is 13.5. The summed E-state index contributed by atoms with van der Waals surface area (Å²) >= 11 is 0. The first-order chi connectivity index (χ1) is 20.9. The summed E-state index contributed by atoms with van der Waals surface area (Å²) in [6, 6.07) is 33.4. The van der Waals surface area contributed by atoms with E-state index in [1.54, 1.807) is 0 Å². The summed E-state index contributed by atoms with van der Waals surface area (Å²) in [6.07, 6.45) is 0. The molecule has 0 bridgehead atoms. The highest BCUT2D eigenvalue weighted by Gasteiger charge is 2.40. The molecule has 4 heterocycles. The predicted molar refractivity (Wildman–Crippen MR) is 174 cm³/mol. The van der Waals surface area contributed by atoms with Gasteiger partial charge >= 0.3 is 0 Å². The fourth-order valence-electron chi connectivity index (χ4n) is 8.95. The number of benzene rings is 5. The quantitative estimate of drug-likeness (QED) is 0.188. The number of para-hydroxylation sites is 1. The number of hydrogen-bond acceptors (Lipinski definition) is 2. The average molecular weight is 554 g/mol. The number of rotatable bonds is 0. The van der Waals surface area contributed by atoms with Gasteiger partial charge in [0.15, 0.2) is 0 Å². The molecular weight excluding hydrogens is 526 g/mol. The number of aromatic nitrogens is 5. The molecule has 43 heavy (non-hydrogen) atoms. The first-order valence-corrected chi connectivity index (χ1v) is 15.1. The van der Waals surface area contributed by atoms with E-state index in [9.17, 15) is 0 Å². The molecule has 0 atom stereocenters. The Morgan fingerprint density at radius 2 is 0.907 bits per heavy atom. The fourth-order valence-corrected chi connectivity index (χ4v) is 8.95. The van der Waals surface area contributed by atoms with Crippen molar-refractivity contribution < 1.29 is 0 Å². The van der Waals surface area contributed by atoms with Gasteiger partial charge in [-0.05, 0) is 68.8 Å². The van der Waals surface area contributed by atoms with Crippen molar-refractivity contribution in [2.45, 2.75) is 38.5 Å². The summed E-state index contributed by atoms with van der Waals surface area (Å²) in [5.41, 5.74) is 18.3. The Morgan fingerprint density at radius 3 is 1.40 bits per heavy atom. The Hall–Kier alpha value is -5.16. The average Bonchev–Trinajstić information content (AvgIpc) is 3.80. The molecule has 5 heteroatoms. The van der Waals surface area contributed by atoms with Gasteiger partial charge in [0.2, 0.25) is 11.6 Å². The summed E-state index contributed by atoms with van der Waals surface area (Å²) in [4.78, 5) is 11.0. The molecule has 2 aliphatic rings. The van der Waals surface area contributed by atoms with Crippen LogP contribution in [-0.2, 0) is 10.8 Å². The van der Waals surface area contributed by atoms with Crippen LogP contribution in [0.3, 0.4) is 0 Å². The highest BCUT2D eigenvalue weighted by molar-refractivity contribution is 6.06. The normalized spacial score (nSPS) is 16.3. The van der Waals surface area contributed by atoms with E-state index in [4.69, 9.17) is 9.97 Å². The van der Waals surface area contributed by atoms with Crippen molar-refractivity contribution in [3.8, 4) is 22.3 Å². The Labute approximate surface area is 247 Å². The van der Waals surface area contributed by atoms with Gasteiger partial charge < -0.3 is 0 Å². The van der Waals surface area contributed by atoms with E-state index in [-0.39, 0.29) is 10.8 Å². The lowest BCUT2D eigenvalue weighted by molar-refractivity contribution is 0.665. The van der Waals surface area contributed by atoms with E-state index in [0.29, 0.717) is 0 Å². The molecular formula is C38H27N5. The molecule has 0 radical (unpaired) electrons. The lowest BCUT2D eigenvalue weighted by Crippen LogP contribution is -2.15. The van der Waals surface area contributed by atoms with Crippen molar-refractivity contribution in [3.63, 3.8) is 0 Å². The van der Waals surface area contributed by atoms with Crippen molar-refractivity contribution in [2.24, 2.45) is 0 Å². The maximum Gasteiger partial charge on any atom is 0.223 e. The molecule has 0 spiro atoms. The molecule has 5 aromatic carbocycles. The van der Waals surface area contributed by atoms with E-state index in [1.807, 2.05) is 0 Å². The Balaban J connectivity index is 1.30. The zero-order valence-corrected chi connectivity index (χ0v) is 24.4. The van der Waals surface area contributed by atoms with Gasteiger partial charge in [0.1, 0.15) is 5.52 Å². The van der Waals surface area contributed by atoms with E-state index in [2.05, 4.69) is 132 Å². The summed E-state index contributed by atoms with van der Waals surface area (Å²) < 4.78 is 6.99. The van der Waals surface area contributed by atoms with Crippen molar-refractivity contribution >= 4 is 50.2 Å². The second-order valence-corrected chi connectivity index (χ2v) is 13.5. The number of imidazole rings is 4. The van der Waals surface area contributed by atoms with Gasteiger partial charge in [0.25, 0.3) is 0 Å². The maximum atomic E-state index is 5.48. The molecule has 2 aliphatic carbocycles. The van der Waals surface area contributed by atoms with Crippen LogP contribution in [0.5, 0.6) is 0 Å². The van der Waals surface area contributed by atoms with E-state index in [0.717, 1.165) is 44.7 Å². The van der Waals surface area contributed by atoms with Gasteiger partial charge in [-0.2, -0.15) is 0 Å². The van der Waals surface area contributed by atoms with Crippen LogP contribution in [0.15, 0.2) is 91.0 Å². The van der Waals surface area contributed by atoms with E-state index < -0.39 is 0 Å². The van der Waals surface area contributed by atoms with Gasteiger partial charge in [0.05, 0.1) is 33.1 Å². The minimum absolute atomic E-state index is 0.134. The van der Waals surface area contributed by atoms with E-state index in [1.165, 1.54) is 50.0 Å². The van der Waals surface area contributed by atoms with Gasteiger partial charge in [-0.25, -0.2) is 14.4 Å². The van der Waals surface area contributed by atoms with Crippen LogP contribution in [0.25, 0.3) is 72.4 Å². The molecule has 0 amide bonds. The first kappa shape index (κ1) is 22.4. The number of nitrogens with zero attached hydrogens (tertiary/aromatic N) is 5. The fraction of sp³-hybridized carbons (Fsp3) is 0.158. The minimum Gasteiger partial charge on any atom is -0.276 e. The third-order valence-electron chi connectivity index (χ3n) is 10.7. The van der Waals surface area contributed by atoms with Crippen molar-refractivity contribution in [1.82, 2.24) is 23.2 Å². The molecule has 0 saturated heterocycles. The zero-order chi connectivity index (χ0) is 28.6. The second kappa shape index (κ2) is 6.73. The summed E-state index contributed by atoms with van der Waals surface area (Å²) in [6.45, 7) is 9.35. The maximum absolute atomic E-state index is 5.48. The van der Waals surface area contributed by atoms with Crippen molar-refractivity contribution in [1.29, 1.82) is 0 Å². The van der Waals surface area contributed by atoms with Crippen molar-refractivity contribution in [2.75, 3.05) is 0 Å². The Bertz CT molecular complexity index is 2550. The first-order valence-electron chi connectivity index (χ1n) is 15.1. The number of fused-ring (bicyclic) bond motifs is 18. The molecule has 11 rings (SSSR count). The zero-order valence-electron chi connectivity index (χ0n) is 24.4. The highest BCUT2D eigenvalue weighted by atomic mass is 15.3. The van der Waals surface area contributed by atoms with Crippen LogP contribution in [-0.4, -0.2) is 23.2 Å². The van der Waals surface area contributed by atoms with Crippen LogP contribution in [0, 0.1) is 0 Å². The monoisotopic (exact) mass is 553 g/mol. The lowest BCUT2D eigenvalue weighted by atomic mass is 9.82. The SMILES string of the molecule is CC1(C)c2ccccc2-c2ccc3c(nc4n3c3cccc5c3n4c3nc4c6c(ccc4n53)-c3ccccc3C6(C)C)c21. The van der Waals surface area contributed by atoms with Crippen LogP contribution in [0.1, 0.15) is 49.9 Å². The predicted octanol–water partition coefficient (Wildman–Crippen LogP) is 8.74. The molecule has 0 aliphatic heterocycles. The smallest absolute Gasteiger partial charge is 0.223 e. The van der Waals surface area contributed by atoms with Gasteiger partial charge in [-0.1, -0.05) is 94.4 Å². The molecule has 9 aromatic rings. The van der Waals surface area contributed by atoms with Crippen LogP contribution in [0.2, 0.25) is 0 Å². The highest BCUT2D eigenvalue weighted by Crippen LogP contribution is 2.53. The lowest BCUT2D eigenvalue weighted by Gasteiger charge is -2.21. The molecule has 0 N–H and O–H groups in total. The Morgan fingerprint density at radius 1 is 0.442 bits per heavy atom. The molecule has 204 valence electrons. The molecule has 0 unspecified atom stereocenters. The third kappa shape index (κ3) is 2.25. The van der Waals surface area contributed by atoms with Gasteiger partial charge in [-0.15, -0.1) is 0 Å². The van der Waals surface area contributed by atoms with Gasteiger partial charge in [0, 0.05) is 10.8 Å². The third-order valence-corrected chi connectivity index (χ3v) is 10.7. The summed E-state index contributed by atoms with van der Waals surface area (Å²) in [7, 11) is 0. The summed E-state index contributed by atoms with van der Waals surface area (Å²) in [5.74, 6) is 1.84. The molecule has 0 fully saturated rings. The van der Waals surface area contributed by atoms with Crippen LogP contribution >= 0.6 is 0 Å². The Kier molecular flexibility index (Phi) is 3.51. The largest absolute Gasteiger partial charge is 0.276 e. The molecule has 0 saturated carbocycles. The summed E-state index contributed by atoms with van der Waals surface area (Å²) in [5, 5.41) is 0. The topological polar surface area (TPSA) is 39.0 Å². The molecule has 4 aromatic heterocycles. The van der Waals surface area contributed by atoms with Crippen LogP contribution < -0.4 is 0 Å². The minimum atomic E-state index is -0.134. The number of hydrogen-bond donors (Lipinski definition) is 0. The van der Waals surface area contributed by atoms with E-state index >= 15 is 0 Å². The molecule has 5 nitrogen and oxygen atoms in total. The van der Waals surface area contributed by atoms with Gasteiger partial charge in [-0.3, -0.25) is 8.80 Å². The van der Waals surface area contributed by atoms with Crippen LogP contribution in [0.4, 0.5) is 0 Å².